The Morgan fingerprint density at radius 3 is 2.00 bits per heavy atom. The largest absolute Gasteiger partial charge is 0.313 e. The molecule has 4 heteroatoms. The van der Waals surface area contributed by atoms with Crippen LogP contribution in [0.4, 0.5) is 0 Å². The first-order valence-corrected chi connectivity index (χ1v) is 6.38. The minimum atomic E-state index is 0.0903. The van der Waals surface area contributed by atoms with Gasteiger partial charge in [0, 0.05) is 31.2 Å². The molecule has 0 aliphatic heterocycles. The summed E-state index contributed by atoms with van der Waals surface area (Å²) < 4.78 is 0. The first-order valence-electron chi connectivity index (χ1n) is 6.38. The molecule has 0 spiro atoms. The summed E-state index contributed by atoms with van der Waals surface area (Å²) in [6.45, 7) is 16.0. The second kappa shape index (κ2) is 8.01. The van der Waals surface area contributed by atoms with Crippen molar-refractivity contribution in [2.75, 3.05) is 19.6 Å². The highest BCUT2D eigenvalue weighted by Crippen LogP contribution is 2.06. The molecule has 0 radical (unpaired) electrons. The van der Waals surface area contributed by atoms with Crippen molar-refractivity contribution in [2.45, 2.75) is 59.5 Å². The van der Waals surface area contributed by atoms with Crippen LogP contribution in [0.5, 0.6) is 0 Å². The Bertz CT molecular complexity index is 163. The normalized spacial score (nSPS) is 12.8. The fourth-order valence-corrected chi connectivity index (χ4v) is 1.28. The molecule has 0 aliphatic carbocycles. The Morgan fingerprint density at radius 1 is 1.00 bits per heavy atom. The monoisotopic (exact) mass is 230 g/mol. The minimum absolute atomic E-state index is 0.0903. The van der Waals surface area contributed by atoms with Crippen LogP contribution in [0.2, 0.25) is 0 Å². The van der Waals surface area contributed by atoms with Crippen molar-refractivity contribution in [3.05, 3.63) is 0 Å². The van der Waals surface area contributed by atoms with E-state index in [2.05, 4.69) is 62.8 Å². The minimum Gasteiger partial charge on any atom is -0.313 e. The van der Waals surface area contributed by atoms with Crippen molar-refractivity contribution in [2.24, 2.45) is 0 Å². The molecule has 0 saturated carbocycles. The lowest BCUT2D eigenvalue weighted by Gasteiger charge is -2.36. The van der Waals surface area contributed by atoms with Gasteiger partial charge >= 0.3 is 0 Å². The maximum Gasteiger partial charge on any atom is 0.0425 e. The molecule has 0 aromatic heterocycles. The van der Waals surface area contributed by atoms with Gasteiger partial charge in [0.25, 0.3) is 0 Å². The van der Waals surface area contributed by atoms with Gasteiger partial charge in [0.2, 0.25) is 0 Å². The average molecular weight is 230 g/mol. The van der Waals surface area contributed by atoms with Gasteiger partial charge in [-0.15, -0.1) is 0 Å². The third kappa shape index (κ3) is 8.05. The third-order valence-electron chi connectivity index (χ3n) is 2.14. The zero-order valence-electron chi connectivity index (χ0n) is 11.9. The molecule has 0 amide bonds. The van der Waals surface area contributed by atoms with Gasteiger partial charge < -0.3 is 5.32 Å². The predicted molar refractivity (Wildman–Crippen MR) is 71.0 cm³/mol. The average Bonchev–Trinajstić information content (AvgIpc) is 2.14. The lowest BCUT2D eigenvalue weighted by atomic mass is 10.1. The van der Waals surface area contributed by atoms with Crippen LogP contribution < -0.4 is 16.2 Å². The van der Waals surface area contributed by atoms with E-state index in [4.69, 9.17) is 0 Å². The highest BCUT2D eigenvalue weighted by molar-refractivity contribution is 4.70. The molecule has 0 aromatic rings. The van der Waals surface area contributed by atoms with Crippen LogP contribution in [0.3, 0.4) is 0 Å². The summed E-state index contributed by atoms with van der Waals surface area (Å²) in [5, 5.41) is 5.50. The number of hydrogen-bond donors (Lipinski definition) is 3. The molecular formula is C12H30N4. The number of rotatable bonds is 8. The summed E-state index contributed by atoms with van der Waals surface area (Å²) in [6.07, 6.45) is 1.14. The van der Waals surface area contributed by atoms with Crippen LogP contribution in [-0.2, 0) is 0 Å². The first-order chi connectivity index (χ1) is 7.38. The Labute approximate surface area is 101 Å². The zero-order chi connectivity index (χ0) is 12.6. The molecule has 3 N–H and O–H groups in total. The smallest absolute Gasteiger partial charge is 0.0425 e. The fourth-order valence-electron chi connectivity index (χ4n) is 1.28. The lowest BCUT2D eigenvalue weighted by Crippen LogP contribution is -2.59. The van der Waals surface area contributed by atoms with Gasteiger partial charge in [-0.25, -0.2) is 10.9 Å². The van der Waals surface area contributed by atoms with Crippen LogP contribution in [0.15, 0.2) is 0 Å². The summed E-state index contributed by atoms with van der Waals surface area (Å²) in [6, 6.07) is 0.550. The molecule has 4 nitrogen and oxygen atoms in total. The quantitative estimate of drug-likeness (QED) is 0.436. The number of hydrazine groups is 2. The van der Waals surface area contributed by atoms with E-state index in [1.54, 1.807) is 0 Å². The molecule has 0 atom stereocenters. The second-order valence-electron chi connectivity index (χ2n) is 5.43. The van der Waals surface area contributed by atoms with Gasteiger partial charge in [0.1, 0.15) is 0 Å². The van der Waals surface area contributed by atoms with Crippen molar-refractivity contribution in [1.82, 2.24) is 21.3 Å². The van der Waals surface area contributed by atoms with Gasteiger partial charge in [-0.3, -0.25) is 0 Å². The van der Waals surface area contributed by atoms with Crippen molar-refractivity contribution in [3.8, 4) is 0 Å². The first kappa shape index (κ1) is 15.8. The van der Waals surface area contributed by atoms with Gasteiger partial charge in [0.15, 0.2) is 0 Å². The molecular weight excluding hydrogens is 200 g/mol. The standard InChI is InChI=1S/C12H30N4/c1-7-8-14-16(12(4,5)6)15-10-9-13-11(2)3/h11,13-15H,7-10H2,1-6H3. The molecule has 0 saturated heterocycles. The Kier molecular flexibility index (Phi) is 7.93. The number of hydrogen-bond acceptors (Lipinski definition) is 4. The van der Waals surface area contributed by atoms with Gasteiger partial charge in [-0.2, -0.15) is 5.12 Å². The van der Waals surface area contributed by atoms with E-state index in [1.807, 2.05) is 0 Å². The topological polar surface area (TPSA) is 39.3 Å². The number of nitrogens with one attached hydrogen (secondary N) is 3. The molecule has 0 heterocycles. The Balaban J connectivity index is 3.84. The molecule has 16 heavy (non-hydrogen) atoms. The maximum absolute atomic E-state index is 3.41. The summed E-state index contributed by atoms with van der Waals surface area (Å²) in [5.74, 6) is 0. The molecule has 0 rings (SSSR count). The van der Waals surface area contributed by atoms with E-state index in [-0.39, 0.29) is 5.54 Å². The number of nitrogens with zero attached hydrogens (tertiary/aromatic N) is 1. The Hall–Kier alpha value is -0.160. The molecule has 0 fully saturated rings. The van der Waals surface area contributed by atoms with Crippen LogP contribution >= 0.6 is 0 Å². The molecule has 0 aliphatic rings. The van der Waals surface area contributed by atoms with Crippen LogP contribution in [0, 0.1) is 0 Å². The van der Waals surface area contributed by atoms with Gasteiger partial charge in [0.05, 0.1) is 0 Å². The predicted octanol–water partition coefficient (Wildman–Crippen LogP) is 1.50. The van der Waals surface area contributed by atoms with E-state index in [1.165, 1.54) is 0 Å². The third-order valence-corrected chi connectivity index (χ3v) is 2.14. The van der Waals surface area contributed by atoms with Crippen molar-refractivity contribution < 1.29 is 0 Å². The summed E-state index contributed by atoms with van der Waals surface area (Å²) in [7, 11) is 0. The van der Waals surface area contributed by atoms with Crippen molar-refractivity contribution in [1.29, 1.82) is 0 Å². The second-order valence-corrected chi connectivity index (χ2v) is 5.43. The van der Waals surface area contributed by atoms with Crippen LogP contribution in [-0.4, -0.2) is 36.3 Å². The van der Waals surface area contributed by atoms with E-state index in [9.17, 15) is 0 Å². The van der Waals surface area contributed by atoms with Gasteiger partial charge in [-0.1, -0.05) is 20.8 Å². The van der Waals surface area contributed by atoms with E-state index >= 15 is 0 Å². The SMILES string of the molecule is CCCNN(NCCNC(C)C)C(C)(C)C. The van der Waals surface area contributed by atoms with Crippen LogP contribution in [0.25, 0.3) is 0 Å². The summed E-state index contributed by atoms with van der Waals surface area (Å²) in [4.78, 5) is 0. The van der Waals surface area contributed by atoms with Crippen molar-refractivity contribution >= 4 is 0 Å². The molecule has 0 unspecified atom stereocenters. The van der Waals surface area contributed by atoms with Crippen molar-refractivity contribution in [3.63, 3.8) is 0 Å². The summed E-state index contributed by atoms with van der Waals surface area (Å²) in [5.41, 5.74) is 6.89. The zero-order valence-corrected chi connectivity index (χ0v) is 11.9. The summed E-state index contributed by atoms with van der Waals surface area (Å²) >= 11 is 0. The van der Waals surface area contributed by atoms with Gasteiger partial charge in [-0.05, 0) is 27.2 Å². The van der Waals surface area contributed by atoms with E-state index in [0.717, 1.165) is 26.1 Å². The van der Waals surface area contributed by atoms with E-state index in [0.29, 0.717) is 6.04 Å². The Morgan fingerprint density at radius 2 is 1.56 bits per heavy atom. The maximum atomic E-state index is 3.41. The lowest BCUT2D eigenvalue weighted by molar-refractivity contribution is 0.0148. The highest BCUT2D eigenvalue weighted by atomic mass is 15.7. The highest BCUT2D eigenvalue weighted by Gasteiger charge is 2.19. The molecule has 0 aromatic carbocycles. The molecule has 0 bridgehead atoms. The van der Waals surface area contributed by atoms with Crippen LogP contribution in [0.1, 0.15) is 48.0 Å². The van der Waals surface area contributed by atoms with E-state index < -0.39 is 0 Å². The fraction of sp³-hybridized carbons (Fsp3) is 1.00. The molecule has 98 valence electrons.